The van der Waals surface area contributed by atoms with Crippen LogP contribution >= 0.6 is 0 Å². The fraction of sp³-hybridized carbons (Fsp3) is 0.931. The maximum Gasteiger partial charge on any atom is 0.306 e. The van der Waals surface area contributed by atoms with Crippen LogP contribution < -0.4 is 5.32 Å². The first-order chi connectivity index (χ1) is 17.3. The molecule has 1 N–H and O–H groups in total. The topological polar surface area (TPSA) is 83.1 Å². The standard InChI is InChI=1S/C29H57NO6/c1-5-21-33-23-25-35-26-24-34-22-20-30-27(31)18-16-14-12-10-8-6-7-9-11-13-15-17-19-28(32)36-29(2,3)4/h5-26H2,1-4H3,(H,30,31). The van der Waals surface area contributed by atoms with Gasteiger partial charge in [0.2, 0.25) is 5.91 Å². The van der Waals surface area contributed by atoms with E-state index in [1.807, 2.05) is 20.8 Å². The number of esters is 1. The Hall–Kier alpha value is -1.18. The van der Waals surface area contributed by atoms with E-state index in [1.54, 1.807) is 0 Å². The van der Waals surface area contributed by atoms with Crippen LogP contribution in [0.3, 0.4) is 0 Å². The van der Waals surface area contributed by atoms with Gasteiger partial charge >= 0.3 is 5.97 Å². The summed E-state index contributed by atoms with van der Waals surface area (Å²) in [7, 11) is 0. The van der Waals surface area contributed by atoms with Crippen LogP contribution in [0, 0.1) is 0 Å². The number of unbranched alkanes of at least 4 members (excludes halogenated alkanes) is 11. The van der Waals surface area contributed by atoms with E-state index in [0.717, 1.165) is 38.7 Å². The van der Waals surface area contributed by atoms with Crippen molar-refractivity contribution in [2.24, 2.45) is 0 Å². The van der Waals surface area contributed by atoms with Crippen molar-refractivity contribution >= 4 is 11.9 Å². The second-order valence-corrected chi connectivity index (χ2v) is 10.5. The summed E-state index contributed by atoms with van der Waals surface area (Å²) < 4.78 is 21.5. The Morgan fingerprint density at radius 3 is 1.47 bits per heavy atom. The van der Waals surface area contributed by atoms with E-state index < -0.39 is 0 Å². The molecule has 0 aliphatic carbocycles. The van der Waals surface area contributed by atoms with Crippen LogP contribution in [0.4, 0.5) is 0 Å². The molecule has 214 valence electrons. The zero-order valence-corrected chi connectivity index (χ0v) is 24.0. The van der Waals surface area contributed by atoms with Gasteiger partial charge in [-0.2, -0.15) is 0 Å². The van der Waals surface area contributed by atoms with Crippen molar-refractivity contribution in [3.8, 4) is 0 Å². The number of ether oxygens (including phenoxy) is 4. The summed E-state index contributed by atoms with van der Waals surface area (Å²) in [4.78, 5) is 23.5. The van der Waals surface area contributed by atoms with Crippen LogP contribution in [0.25, 0.3) is 0 Å². The number of rotatable bonds is 26. The van der Waals surface area contributed by atoms with Crippen molar-refractivity contribution in [3.05, 3.63) is 0 Å². The Labute approximate surface area is 221 Å². The van der Waals surface area contributed by atoms with Gasteiger partial charge in [-0.15, -0.1) is 0 Å². The Balaban J connectivity index is 3.23. The molecule has 0 aliphatic rings. The molecule has 0 radical (unpaired) electrons. The fourth-order valence-corrected chi connectivity index (χ4v) is 3.75. The number of nitrogens with one attached hydrogen (secondary N) is 1. The Morgan fingerprint density at radius 1 is 0.583 bits per heavy atom. The van der Waals surface area contributed by atoms with Crippen LogP contribution in [0.1, 0.15) is 124 Å². The summed E-state index contributed by atoms with van der Waals surface area (Å²) in [5.41, 5.74) is -0.373. The van der Waals surface area contributed by atoms with Gasteiger partial charge in [-0.25, -0.2) is 0 Å². The molecule has 7 nitrogen and oxygen atoms in total. The van der Waals surface area contributed by atoms with E-state index in [-0.39, 0.29) is 17.5 Å². The van der Waals surface area contributed by atoms with E-state index in [0.29, 0.717) is 52.4 Å². The minimum Gasteiger partial charge on any atom is -0.460 e. The van der Waals surface area contributed by atoms with Gasteiger partial charge in [0.15, 0.2) is 0 Å². The summed E-state index contributed by atoms with van der Waals surface area (Å²) in [6, 6.07) is 0. The lowest BCUT2D eigenvalue weighted by atomic mass is 10.0. The zero-order valence-electron chi connectivity index (χ0n) is 24.0. The van der Waals surface area contributed by atoms with Gasteiger partial charge in [-0.1, -0.05) is 71.1 Å². The largest absolute Gasteiger partial charge is 0.460 e. The van der Waals surface area contributed by atoms with Crippen LogP contribution in [0.15, 0.2) is 0 Å². The molecule has 0 unspecified atom stereocenters. The van der Waals surface area contributed by atoms with Crippen molar-refractivity contribution in [2.45, 2.75) is 130 Å². The normalized spacial score (nSPS) is 11.6. The minimum absolute atomic E-state index is 0.0743. The Kier molecular flexibility index (Phi) is 24.6. The van der Waals surface area contributed by atoms with Gasteiger partial charge < -0.3 is 24.3 Å². The lowest BCUT2D eigenvalue weighted by Crippen LogP contribution is -2.27. The highest BCUT2D eigenvalue weighted by atomic mass is 16.6. The first kappa shape index (κ1) is 34.8. The van der Waals surface area contributed by atoms with Gasteiger partial charge in [0.1, 0.15) is 5.60 Å². The van der Waals surface area contributed by atoms with Gasteiger partial charge in [-0.3, -0.25) is 9.59 Å². The number of carbonyl (C=O) groups is 2. The maximum atomic E-state index is 11.9. The second kappa shape index (κ2) is 25.5. The van der Waals surface area contributed by atoms with Crippen molar-refractivity contribution in [1.82, 2.24) is 5.32 Å². The average molecular weight is 516 g/mol. The first-order valence-electron chi connectivity index (χ1n) is 14.6. The molecule has 0 bridgehead atoms. The first-order valence-corrected chi connectivity index (χ1v) is 14.6. The molecule has 0 saturated carbocycles. The molecule has 7 heteroatoms. The van der Waals surface area contributed by atoms with Crippen LogP contribution in [-0.2, 0) is 28.5 Å². The summed E-state index contributed by atoms with van der Waals surface area (Å²) in [6.45, 7) is 12.0. The number of amides is 1. The maximum absolute atomic E-state index is 11.9. The quantitative estimate of drug-likeness (QED) is 0.107. The Bertz CT molecular complexity index is 506. The molecule has 0 aliphatic heterocycles. The lowest BCUT2D eigenvalue weighted by molar-refractivity contribution is -0.154. The molecule has 0 heterocycles. The summed E-state index contributed by atoms with van der Waals surface area (Å²) in [5, 5.41) is 2.92. The molecule has 0 aromatic rings. The summed E-state index contributed by atoms with van der Waals surface area (Å²) in [5.74, 6) is 0.0452. The molecule has 0 rings (SSSR count). The van der Waals surface area contributed by atoms with E-state index in [4.69, 9.17) is 18.9 Å². The predicted octanol–water partition coefficient (Wildman–Crippen LogP) is 6.37. The molecule has 0 atom stereocenters. The van der Waals surface area contributed by atoms with Crippen LogP contribution in [0.5, 0.6) is 0 Å². The molecule has 1 amide bonds. The third-order valence-corrected chi connectivity index (χ3v) is 5.62. The molecule has 0 fully saturated rings. The van der Waals surface area contributed by atoms with Gasteiger partial charge in [0, 0.05) is 26.0 Å². The molecular weight excluding hydrogens is 458 g/mol. The molecule has 36 heavy (non-hydrogen) atoms. The highest BCUT2D eigenvalue weighted by Gasteiger charge is 2.15. The SMILES string of the molecule is CCCOCCOCCOCCNC(=O)CCCCCCCCCCCCCCC(=O)OC(C)(C)C. The van der Waals surface area contributed by atoms with Crippen LogP contribution in [-0.4, -0.2) is 63.7 Å². The molecule has 0 spiro atoms. The molecule has 0 saturated heterocycles. The smallest absolute Gasteiger partial charge is 0.306 e. The fourth-order valence-electron chi connectivity index (χ4n) is 3.75. The van der Waals surface area contributed by atoms with Gasteiger partial charge in [-0.05, 0) is 40.0 Å². The Morgan fingerprint density at radius 2 is 1.00 bits per heavy atom. The van der Waals surface area contributed by atoms with Gasteiger partial charge in [0.05, 0.1) is 33.0 Å². The second-order valence-electron chi connectivity index (χ2n) is 10.5. The highest BCUT2D eigenvalue weighted by molar-refractivity contribution is 5.75. The van der Waals surface area contributed by atoms with E-state index >= 15 is 0 Å². The van der Waals surface area contributed by atoms with Gasteiger partial charge in [0.25, 0.3) is 0 Å². The van der Waals surface area contributed by atoms with E-state index in [1.165, 1.54) is 51.4 Å². The third kappa shape index (κ3) is 29.1. The summed E-state index contributed by atoms with van der Waals surface area (Å²) >= 11 is 0. The zero-order chi connectivity index (χ0) is 26.7. The van der Waals surface area contributed by atoms with Crippen molar-refractivity contribution < 1.29 is 28.5 Å². The lowest BCUT2D eigenvalue weighted by Gasteiger charge is -2.19. The van der Waals surface area contributed by atoms with E-state index in [9.17, 15) is 9.59 Å². The monoisotopic (exact) mass is 515 g/mol. The predicted molar refractivity (Wildman–Crippen MR) is 146 cm³/mol. The molecule has 0 aromatic heterocycles. The molecule has 0 aromatic carbocycles. The number of carbonyl (C=O) groups excluding carboxylic acids is 2. The van der Waals surface area contributed by atoms with Crippen molar-refractivity contribution in [2.75, 3.05) is 46.2 Å². The molecular formula is C29H57NO6. The highest BCUT2D eigenvalue weighted by Crippen LogP contribution is 2.14. The van der Waals surface area contributed by atoms with E-state index in [2.05, 4.69) is 12.2 Å². The average Bonchev–Trinajstić information content (AvgIpc) is 2.81. The van der Waals surface area contributed by atoms with Crippen LogP contribution in [0.2, 0.25) is 0 Å². The summed E-state index contributed by atoms with van der Waals surface area (Å²) in [6.07, 6.45) is 16.4. The third-order valence-electron chi connectivity index (χ3n) is 5.62. The van der Waals surface area contributed by atoms with Crippen molar-refractivity contribution in [1.29, 1.82) is 0 Å². The van der Waals surface area contributed by atoms with Crippen molar-refractivity contribution in [3.63, 3.8) is 0 Å². The number of hydrogen-bond donors (Lipinski definition) is 1. The number of hydrogen-bond acceptors (Lipinski definition) is 6. The minimum atomic E-state index is -0.373.